The van der Waals surface area contributed by atoms with Crippen LogP contribution in [0, 0.1) is 11.3 Å². The van der Waals surface area contributed by atoms with E-state index in [4.69, 9.17) is 5.26 Å². The number of methoxy groups -OCH3 is 1. The first-order valence-electron chi connectivity index (χ1n) is 13.4. The molecule has 1 heterocycles. The number of benzene rings is 4. The molecule has 0 saturated heterocycles. The molecule has 4 nitrogen and oxygen atoms in total. The molecule has 5 aromatic rings. The van der Waals surface area contributed by atoms with Crippen LogP contribution in [0.2, 0.25) is 0 Å². The predicted molar refractivity (Wildman–Crippen MR) is 165 cm³/mol. The molecule has 4 aromatic carbocycles. The third-order valence-corrected chi connectivity index (χ3v) is 6.88. The lowest BCUT2D eigenvalue weighted by molar-refractivity contribution is -0.693. The average molecular weight is 526 g/mol. The van der Waals surface area contributed by atoms with E-state index >= 15 is 0 Å². The van der Waals surface area contributed by atoms with Gasteiger partial charge in [-0.25, -0.2) is 9.36 Å². The molecule has 5 rings (SSSR count). The minimum atomic E-state index is -1.22. The third kappa shape index (κ3) is 7.12. The van der Waals surface area contributed by atoms with Gasteiger partial charge in [-0.2, -0.15) is 27.1 Å². The smallest absolute Gasteiger partial charge is 0.338 e. The zero-order chi connectivity index (χ0) is 28.6. The molecule has 0 spiro atoms. The van der Waals surface area contributed by atoms with E-state index < -0.39 is 6.15 Å². The number of aromatic nitrogens is 1. The van der Waals surface area contributed by atoms with Crippen LogP contribution >= 0.6 is 0 Å². The lowest BCUT2D eigenvalue weighted by Gasteiger charge is -2.44. The van der Waals surface area contributed by atoms with E-state index in [-0.39, 0.29) is 5.97 Å². The normalized spacial score (nSPS) is 10.1. The van der Waals surface area contributed by atoms with Gasteiger partial charge < -0.3 is 4.74 Å². The Kier molecular flexibility index (Phi) is 11.4. The first-order valence-corrected chi connectivity index (χ1v) is 13.4. The summed E-state index contributed by atoms with van der Waals surface area (Å²) < 4.78 is 6.54. The summed E-state index contributed by atoms with van der Waals surface area (Å²) in [5.41, 5.74) is 5.94. The number of nitrogens with zero attached hydrogens (tertiary/aromatic N) is 2. The maximum Gasteiger partial charge on any atom is 0.338 e. The quantitative estimate of drug-likeness (QED) is 0.188. The highest BCUT2D eigenvalue weighted by molar-refractivity contribution is 7.19. The molecule has 0 amide bonds. The molecule has 5 heteroatoms. The monoisotopic (exact) mass is 526 g/mol. The van der Waals surface area contributed by atoms with Gasteiger partial charge in [0, 0.05) is 19.1 Å². The van der Waals surface area contributed by atoms with Crippen molar-refractivity contribution in [1.82, 2.24) is 0 Å². The van der Waals surface area contributed by atoms with Gasteiger partial charge in [-0.05, 0) is 6.92 Å². The topological polar surface area (TPSA) is 54.0 Å². The number of carbonyl (C=O) groups excluding carboxylic acids is 1. The highest BCUT2D eigenvalue weighted by Crippen LogP contribution is 2.09. The molecule has 0 aliphatic heterocycles. The van der Waals surface area contributed by atoms with E-state index in [0.29, 0.717) is 5.56 Å². The van der Waals surface area contributed by atoms with Crippen LogP contribution in [0.3, 0.4) is 0 Å². The summed E-state index contributed by atoms with van der Waals surface area (Å²) in [5, 5.41) is 7.32. The molecule has 0 N–H and O–H groups in total. The lowest BCUT2D eigenvalue weighted by atomic mass is 9.13. The zero-order valence-corrected chi connectivity index (χ0v) is 23.4. The fraction of sp³-hybridized carbons (Fsp3) is 0.114. The molecular weight excluding hydrogens is 491 g/mol. The molecule has 0 radical (unpaired) electrons. The number of nitriles is 1. The molecule has 40 heavy (non-hydrogen) atoms. The third-order valence-electron chi connectivity index (χ3n) is 6.88. The van der Waals surface area contributed by atoms with E-state index in [1.807, 2.05) is 23.9 Å². The number of hydrogen-bond acceptors (Lipinski definition) is 3. The number of carbonyl (C=O) groups is 1. The maximum atomic E-state index is 11.0. The maximum absolute atomic E-state index is 11.0. The first-order chi connectivity index (χ1) is 19.6. The first kappa shape index (κ1) is 29.6. The largest absolute Gasteiger partial charge is 0.465 e. The summed E-state index contributed by atoms with van der Waals surface area (Å²) in [5.74, 6) is -0.293. The van der Waals surface area contributed by atoms with Crippen LogP contribution in [0.1, 0.15) is 24.2 Å². The lowest BCUT2D eigenvalue weighted by Crippen LogP contribution is -2.74. The van der Waals surface area contributed by atoms with E-state index in [1.54, 1.807) is 18.2 Å². The summed E-state index contributed by atoms with van der Waals surface area (Å²) in [7, 11) is 1.38. The fourth-order valence-electron chi connectivity index (χ4n) is 5.04. The van der Waals surface area contributed by atoms with Crippen molar-refractivity contribution in [1.29, 1.82) is 5.26 Å². The number of pyridine rings is 1. The second-order valence-corrected chi connectivity index (χ2v) is 9.14. The van der Waals surface area contributed by atoms with Gasteiger partial charge in [0.15, 0.2) is 12.4 Å². The Morgan fingerprint density at radius 3 is 1.23 bits per heavy atom. The van der Waals surface area contributed by atoms with E-state index in [1.165, 1.54) is 35.9 Å². The van der Waals surface area contributed by atoms with Crippen molar-refractivity contribution in [3.63, 3.8) is 0 Å². The predicted octanol–water partition coefficient (Wildman–Crippen LogP) is 4.37. The van der Waals surface area contributed by atoms with Gasteiger partial charge in [0.1, 0.15) is 12.7 Å². The fourth-order valence-corrected chi connectivity index (χ4v) is 5.04. The Hall–Kier alpha value is -4.95. The summed E-state index contributed by atoms with van der Waals surface area (Å²) in [4.78, 5) is 11.0. The number of ether oxygens (including phenoxy) is 1. The Labute approximate surface area is 238 Å². The van der Waals surface area contributed by atoms with Crippen LogP contribution in [0.4, 0.5) is 0 Å². The number of rotatable bonds is 6. The van der Waals surface area contributed by atoms with E-state index in [2.05, 4.69) is 126 Å². The van der Waals surface area contributed by atoms with E-state index in [0.717, 1.165) is 6.54 Å². The second kappa shape index (κ2) is 15.5. The van der Waals surface area contributed by atoms with Crippen molar-refractivity contribution in [2.24, 2.45) is 0 Å². The van der Waals surface area contributed by atoms with Crippen LogP contribution in [0.25, 0.3) is 0 Å². The van der Waals surface area contributed by atoms with Gasteiger partial charge in [-0.1, -0.05) is 121 Å². The van der Waals surface area contributed by atoms with Gasteiger partial charge >= 0.3 is 5.97 Å². The molecule has 0 unspecified atom stereocenters. The molecule has 0 aliphatic carbocycles. The molecule has 0 fully saturated rings. The Bertz CT molecular complexity index is 1310. The van der Waals surface area contributed by atoms with Crippen LogP contribution in [-0.4, -0.2) is 19.2 Å². The summed E-state index contributed by atoms with van der Waals surface area (Å²) >= 11 is 0. The molecular formula is C35H35BN2O2. The van der Waals surface area contributed by atoms with Crippen molar-refractivity contribution >= 4 is 34.0 Å². The van der Waals surface area contributed by atoms with Crippen LogP contribution in [0.5, 0.6) is 0 Å². The highest BCUT2D eigenvalue weighted by atomic mass is 16.5. The van der Waals surface area contributed by atoms with Gasteiger partial charge in [0.2, 0.25) is 0 Å². The standard InChI is InChI=1S/C24H20B.C9H12NO2.C2H3N/c1-5-13-21(14-6-1)25(22-15-7-2-8-16-22,23-17-9-3-10-18-23)24-19-11-4-12-20-24;1-3-10-6-4-8(5-7-10)9(11)12-2;1-2-3/h1-20H;4-7H,3H2,1-2H3;1H3/q-1;+1;. The van der Waals surface area contributed by atoms with Gasteiger partial charge in [0.25, 0.3) is 0 Å². The number of aryl methyl sites for hydroxylation is 1. The molecule has 1 aromatic heterocycles. The summed E-state index contributed by atoms with van der Waals surface area (Å²) in [6, 6.07) is 48.8. The SMILES string of the molecule is CC#N.CC[n+]1ccc(C(=O)OC)cc1.c1ccc([B-](c2ccccc2)(c2ccccc2)c2ccccc2)cc1. The molecule has 0 saturated carbocycles. The molecule has 0 atom stereocenters. The molecule has 0 aliphatic rings. The summed E-state index contributed by atoms with van der Waals surface area (Å²) in [6.45, 7) is 4.37. The highest BCUT2D eigenvalue weighted by Gasteiger charge is 2.31. The van der Waals surface area contributed by atoms with Gasteiger partial charge in [-0.15, -0.1) is 0 Å². The minimum absolute atomic E-state index is 0.293. The minimum Gasteiger partial charge on any atom is -0.465 e. The van der Waals surface area contributed by atoms with Crippen molar-refractivity contribution in [3.8, 4) is 6.07 Å². The second-order valence-electron chi connectivity index (χ2n) is 9.14. The Balaban J connectivity index is 0.000000247. The Morgan fingerprint density at radius 2 is 0.975 bits per heavy atom. The molecule has 0 bridgehead atoms. The number of hydrogen-bond donors (Lipinski definition) is 0. The summed E-state index contributed by atoms with van der Waals surface area (Å²) in [6.07, 6.45) is 2.49. The average Bonchev–Trinajstić information content (AvgIpc) is 3.04. The van der Waals surface area contributed by atoms with Crippen LogP contribution in [-0.2, 0) is 11.3 Å². The molecule has 200 valence electrons. The van der Waals surface area contributed by atoms with Gasteiger partial charge in [-0.3, -0.25) is 0 Å². The van der Waals surface area contributed by atoms with Crippen LogP contribution in [0.15, 0.2) is 146 Å². The Morgan fingerprint density at radius 1 is 0.675 bits per heavy atom. The van der Waals surface area contributed by atoms with Crippen molar-refractivity contribution in [3.05, 3.63) is 151 Å². The van der Waals surface area contributed by atoms with Crippen molar-refractivity contribution < 1.29 is 14.1 Å². The van der Waals surface area contributed by atoms with E-state index in [9.17, 15) is 4.79 Å². The van der Waals surface area contributed by atoms with Gasteiger partial charge in [0.05, 0.1) is 18.7 Å². The van der Waals surface area contributed by atoms with Crippen molar-refractivity contribution in [2.45, 2.75) is 20.4 Å². The van der Waals surface area contributed by atoms with Crippen molar-refractivity contribution in [2.75, 3.05) is 7.11 Å². The zero-order valence-electron chi connectivity index (χ0n) is 23.4. The van der Waals surface area contributed by atoms with Crippen LogP contribution < -0.4 is 26.4 Å². The number of esters is 1.